The Hall–Kier alpha value is -1.88. The summed E-state index contributed by atoms with van der Waals surface area (Å²) in [6.07, 6.45) is 0.368. The van der Waals surface area contributed by atoms with Crippen molar-refractivity contribution in [2.45, 2.75) is 32.4 Å². The first kappa shape index (κ1) is 15.2. The van der Waals surface area contributed by atoms with Crippen LogP contribution in [0.15, 0.2) is 30.3 Å². The van der Waals surface area contributed by atoms with Crippen LogP contribution in [0, 0.1) is 5.92 Å². The predicted molar refractivity (Wildman–Crippen MR) is 74.1 cm³/mol. The van der Waals surface area contributed by atoms with Gasteiger partial charge in [-0.05, 0) is 11.5 Å². The van der Waals surface area contributed by atoms with E-state index in [2.05, 4.69) is 5.32 Å². The van der Waals surface area contributed by atoms with Gasteiger partial charge in [-0.3, -0.25) is 9.59 Å². The van der Waals surface area contributed by atoms with Crippen molar-refractivity contribution < 1.29 is 9.59 Å². The summed E-state index contributed by atoms with van der Waals surface area (Å²) in [7, 11) is 0. The Labute approximate surface area is 113 Å². The van der Waals surface area contributed by atoms with Gasteiger partial charge in [0.2, 0.25) is 11.8 Å². The lowest BCUT2D eigenvalue weighted by atomic mass is 10.0. The molecule has 1 aromatic rings. The Morgan fingerprint density at radius 1 is 1.21 bits per heavy atom. The van der Waals surface area contributed by atoms with Crippen LogP contribution in [0.25, 0.3) is 0 Å². The van der Waals surface area contributed by atoms with E-state index in [-0.39, 0.29) is 11.8 Å². The van der Waals surface area contributed by atoms with E-state index < -0.39 is 18.0 Å². The van der Waals surface area contributed by atoms with Crippen LogP contribution in [0.1, 0.15) is 19.4 Å². The van der Waals surface area contributed by atoms with E-state index in [9.17, 15) is 9.59 Å². The molecule has 5 nitrogen and oxygen atoms in total. The number of primary amides is 1. The van der Waals surface area contributed by atoms with E-state index in [1.807, 2.05) is 44.2 Å². The summed E-state index contributed by atoms with van der Waals surface area (Å²) in [5, 5.41) is 2.61. The number of nitrogens with two attached hydrogens (primary N) is 2. The molecule has 104 valence electrons. The molecule has 1 aromatic carbocycles. The molecule has 19 heavy (non-hydrogen) atoms. The fourth-order valence-corrected chi connectivity index (χ4v) is 1.64. The first-order valence-electron chi connectivity index (χ1n) is 6.31. The molecule has 2 amide bonds. The van der Waals surface area contributed by atoms with Gasteiger partial charge in [-0.15, -0.1) is 0 Å². The molecule has 0 radical (unpaired) electrons. The molecule has 1 rings (SSSR count). The van der Waals surface area contributed by atoms with Crippen molar-refractivity contribution in [3.8, 4) is 0 Å². The number of benzene rings is 1. The Balaban J connectivity index is 2.69. The zero-order chi connectivity index (χ0) is 14.4. The number of rotatable bonds is 6. The molecule has 5 heteroatoms. The molecule has 0 fully saturated rings. The van der Waals surface area contributed by atoms with Gasteiger partial charge >= 0.3 is 0 Å². The quantitative estimate of drug-likeness (QED) is 0.683. The van der Waals surface area contributed by atoms with Gasteiger partial charge in [0.05, 0.1) is 6.04 Å². The number of hydrogen-bond acceptors (Lipinski definition) is 3. The monoisotopic (exact) mass is 263 g/mol. The highest BCUT2D eigenvalue weighted by Crippen LogP contribution is 2.04. The molecule has 0 aliphatic rings. The molecule has 0 saturated heterocycles. The smallest absolute Gasteiger partial charge is 0.240 e. The fourth-order valence-electron chi connectivity index (χ4n) is 1.64. The Morgan fingerprint density at radius 2 is 1.79 bits per heavy atom. The fraction of sp³-hybridized carbons (Fsp3) is 0.429. The molecule has 0 heterocycles. The molecular formula is C14H21N3O2. The van der Waals surface area contributed by atoms with Gasteiger partial charge in [0.1, 0.15) is 6.04 Å². The third-order valence-corrected chi connectivity index (χ3v) is 2.96. The minimum absolute atomic E-state index is 0.00486. The largest absolute Gasteiger partial charge is 0.368 e. The summed E-state index contributed by atoms with van der Waals surface area (Å²) in [5.41, 5.74) is 12.0. The molecular weight excluding hydrogens is 242 g/mol. The second kappa shape index (κ2) is 6.89. The summed E-state index contributed by atoms with van der Waals surface area (Å²) >= 11 is 0. The van der Waals surface area contributed by atoms with Crippen LogP contribution in [0.3, 0.4) is 0 Å². The van der Waals surface area contributed by atoms with E-state index in [1.165, 1.54) is 0 Å². The van der Waals surface area contributed by atoms with E-state index in [0.29, 0.717) is 6.42 Å². The average molecular weight is 263 g/mol. The maximum Gasteiger partial charge on any atom is 0.240 e. The molecule has 0 aromatic heterocycles. The Morgan fingerprint density at radius 3 is 2.26 bits per heavy atom. The van der Waals surface area contributed by atoms with Gasteiger partial charge < -0.3 is 16.8 Å². The molecule has 5 N–H and O–H groups in total. The number of hydrogen-bond donors (Lipinski definition) is 3. The molecule has 0 aliphatic heterocycles. The van der Waals surface area contributed by atoms with Crippen LogP contribution in [0.2, 0.25) is 0 Å². The highest BCUT2D eigenvalue weighted by atomic mass is 16.2. The minimum atomic E-state index is -0.736. The minimum Gasteiger partial charge on any atom is -0.368 e. The van der Waals surface area contributed by atoms with Gasteiger partial charge in [0, 0.05) is 6.42 Å². The third kappa shape index (κ3) is 4.71. The van der Waals surface area contributed by atoms with Crippen LogP contribution in [0.5, 0.6) is 0 Å². The van der Waals surface area contributed by atoms with E-state index >= 15 is 0 Å². The maximum atomic E-state index is 11.8. The molecule has 0 bridgehead atoms. The lowest BCUT2D eigenvalue weighted by Crippen LogP contribution is -2.52. The normalized spacial score (nSPS) is 13.9. The van der Waals surface area contributed by atoms with E-state index in [1.54, 1.807) is 0 Å². The third-order valence-electron chi connectivity index (χ3n) is 2.96. The SMILES string of the molecule is CC(C)[C@H](N)C(=O)N[C@H](Cc1ccccc1)C(N)=O. The van der Waals surface area contributed by atoms with Crippen molar-refractivity contribution in [2.75, 3.05) is 0 Å². The molecule has 0 saturated carbocycles. The van der Waals surface area contributed by atoms with Crippen molar-refractivity contribution in [1.82, 2.24) is 5.32 Å². The lowest BCUT2D eigenvalue weighted by Gasteiger charge is -2.20. The summed E-state index contributed by atoms with van der Waals surface area (Å²) in [6.45, 7) is 3.70. The van der Waals surface area contributed by atoms with Crippen molar-refractivity contribution >= 4 is 11.8 Å². The van der Waals surface area contributed by atoms with Crippen molar-refractivity contribution in [3.05, 3.63) is 35.9 Å². The van der Waals surface area contributed by atoms with Crippen LogP contribution in [0.4, 0.5) is 0 Å². The van der Waals surface area contributed by atoms with Gasteiger partial charge in [0.25, 0.3) is 0 Å². The van der Waals surface area contributed by atoms with Crippen LogP contribution in [-0.4, -0.2) is 23.9 Å². The summed E-state index contributed by atoms with van der Waals surface area (Å²) in [6, 6.07) is 8.01. The topological polar surface area (TPSA) is 98.2 Å². The van der Waals surface area contributed by atoms with Gasteiger partial charge in [-0.25, -0.2) is 0 Å². The van der Waals surface area contributed by atoms with E-state index in [4.69, 9.17) is 11.5 Å². The summed E-state index contributed by atoms with van der Waals surface area (Å²) in [4.78, 5) is 23.2. The van der Waals surface area contributed by atoms with Crippen molar-refractivity contribution in [3.63, 3.8) is 0 Å². The number of nitrogens with one attached hydrogen (secondary N) is 1. The zero-order valence-electron chi connectivity index (χ0n) is 11.3. The zero-order valence-corrected chi connectivity index (χ0v) is 11.3. The maximum absolute atomic E-state index is 11.8. The van der Waals surface area contributed by atoms with Crippen LogP contribution >= 0.6 is 0 Å². The highest BCUT2D eigenvalue weighted by Gasteiger charge is 2.23. The summed E-state index contributed by atoms with van der Waals surface area (Å²) in [5.74, 6) is -0.909. The predicted octanol–water partition coefficient (Wildman–Crippen LogP) is 0.183. The summed E-state index contributed by atoms with van der Waals surface area (Å²) < 4.78 is 0. The molecule has 0 spiro atoms. The number of carbonyl (C=O) groups excluding carboxylic acids is 2. The van der Waals surface area contributed by atoms with Crippen LogP contribution in [-0.2, 0) is 16.0 Å². The standard InChI is InChI=1S/C14H21N3O2/c1-9(2)12(15)14(19)17-11(13(16)18)8-10-6-4-3-5-7-10/h3-7,9,11-12H,8,15H2,1-2H3,(H2,16,18)(H,17,19)/t11-,12+/m1/s1. The highest BCUT2D eigenvalue weighted by molar-refractivity contribution is 5.89. The number of carbonyl (C=O) groups is 2. The van der Waals surface area contributed by atoms with Crippen molar-refractivity contribution in [2.24, 2.45) is 17.4 Å². The molecule has 0 aliphatic carbocycles. The average Bonchev–Trinajstić information content (AvgIpc) is 2.37. The van der Waals surface area contributed by atoms with E-state index in [0.717, 1.165) is 5.56 Å². The second-order valence-electron chi connectivity index (χ2n) is 4.92. The van der Waals surface area contributed by atoms with Gasteiger partial charge in [-0.2, -0.15) is 0 Å². The molecule has 0 unspecified atom stereocenters. The first-order valence-corrected chi connectivity index (χ1v) is 6.31. The Kier molecular flexibility index (Phi) is 5.51. The lowest BCUT2D eigenvalue weighted by molar-refractivity contribution is -0.128. The Bertz CT molecular complexity index is 432. The van der Waals surface area contributed by atoms with Gasteiger partial charge in [-0.1, -0.05) is 44.2 Å². The first-order chi connectivity index (χ1) is 8.91. The van der Waals surface area contributed by atoms with Crippen molar-refractivity contribution in [1.29, 1.82) is 0 Å². The van der Waals surface area contributed by atoms with Gasteiger partial charge in [0.15, 0.2) is 0 Å². The van der Waals surface area contributed by atoms with Crippen LogP contribution < -0.4 is 16.8 Å². The second-order valence-corrected chi connectivity index (χ2v) is 4.92. The molecule has 2 atom stereocenters. The number of amides is 2.